The fourth-order valence-corrected chi connectivity index (χ4v) is 2.40. The van der Waals surface area contributed by atoms with Gasteiger partial charge in [0.05, 0.1) is 11.3 Å². The minimum Gasteiger partial charge on any atom is -0.350 e. The predicted molar refractivity (Wildman–Crippen MR) is 74.8 cm³/mol. The van der Waals surface area contributed by atoms with Crippen LogP contribution < -0.4 is 16.6 Å². The van der Waals surface area contributed by atoms with Crippen molar-refractivity contribution in [3.63, 3.8) is 0 Å². The molecule has 1 amide bonds. The monoisotopic (exact) mass is 263 g/mol. The number of hydrogen-bond donors (Lipinski definition) is 3. The summed E-state index contributed by atoms with van der Waals surface area (Å²) in [7, 11) is 2.09. The molecule has 1 aliphatic rings. The van der Waals surface area contributed by atoms with Crippen LogP contribution in [-0.2, 0) is 0 Å². The van der Waals surface area contributed by atoms with E-state index in [1.165, 1.54) is 6.42 Å². The van der Waals surface area contributed by atoms with Gasteiger partial charge in [-0.1, -0.05) is 0 Å². The van der Waals surface area contributed by atoms with Crippen molar-refractivity contribution in [3.05, 3.63) is 23.5 Å². The molecule has 6 nitrogen and oxygen atoms in total. The highest BCUT2D eigenvalue weighted by Crippen LogP contribution is 2.16. The van der Waals surface area contributed by atoms with E-state index in [1.807, 2.05) is 6.92 Å². The van der Waals surface area contributed by atoms with Crippen LogP contribution in [0.2, 0.25) is 0 Å². The first kappa shape index (κ1) is 13.8. The van der Waals surface area contributed by atoms with Gasteiger partial charge in [-0.25, -0.2) is 0 Å². The normalized spacial score (nSPS) is 19.4. The van der Waals surface area contributed by atoms with Gasteiger partial charge in [0, 0.05) is 24.5 Å². The number of anilines is 1. The predicted octanol–water partition coefficient (Wildman–Crippen LogP) is 0.500. The highest BCUT2D eigenvalue weighted by Gasteiger charge is 2.21. The molecule has 0 bridgehead atoms. The van der Waals surface area contributed by atoms with Crippen molar-refractivity contribution in [1.82, 2.24) is 15.2 Å². The molecule has 1 unspecified atom stereocenters. The maximum Gasteiger partial charge on any atom is 0.255 e. The van der Waals surface area contributed by atoms with Gasteiger partial charge >= 0.3 is 0 Å². The first-order valence-corrected chi connectivity index (χ1v) is 6.53. The van der Waals surface area contributed by atoms with Crippen molar-refractivity contribution in [2.45, 2.75) is 25.8 Å². The fourth-order valence-electron chi connectivity index (χ4n) is 2.40. The zero-order valence-electron chi connectivity index (χ0n) is 11.4. The lowest BCUT2D eigenvalue weighted by atomic mass is 10.2. The van der Waals surface area contributed by atoms with Crippen LogP contribution in [0, 0.1) is 6.92 Å². The molecule has 1 aromatic heterocycles. The zero-order chi connectivity index (χ0) is 13.8. The molecule has 1 aliphatic heterocycles. The third-order valence-corrected chi connectivity index (χ3v) is 3.61. The summed E-state index contributed by atoms with van der Waals surface area (Å²) < 4.78 is 0. The Morgan fingerprint density at radius 3 is 3.05 bits per heavy atom. The van der Waals surface area contributed by atoms with E-state index >= 15 is 0 Å². The van der Waals surface area contributed by atoms with Gasteiger partial charge in [-0.15, -0.1) is 0 Å². The summed E-state index contributed by atoms with van der Waals surface area (Å²) >= 11 is 0. The van der Waals surface area contributed by atoms with Gasteiger partial charge in [0.25, 0.3) is 5.91 Å². The second-order valence-corrected chi connectivity index (χ2v) is 5.00. The number of nitrogens with two attached hydrogens (primary N) is 1. The van der Waals surface area contributed by atoms with Gasteiger partial charge in [-0.3, -0.25) is 15.6 Å². The average Bonchev–Trinajstić information content (AvgIpc) is 2.81. The Morgan fingerprint density at radius 2 is 2.42 bits per heavy atom. The van der Waals surface area contributed by atoms with Crippen LogP contribution in [-0.4, -0.2) is 42.0 Å². The molecular formula is C13H21N5O. The van der Waals surface area contributed by atoms with Gasteiger partial charge < -0.3 is 15.6 Å². The van der Waals surface area contributed by atoms with Crippen molar-refractivity contribution in [1.29, 1.82) is 0 Å². The van der Waals surface area contributed by atoms with E-state index in [1.54, 1.807) is 12.3 Å². The molecule has 1 fully saturated rings. The van der Waals surface area contributed by atoms with Gasteiger partial charge in [-0.05, 0) is 39.4 Å². The maximum atomic E-state index is 12.1. The van der Waals surface area contributed by atoms with E-state index in [0.29, 0.717) is 23.8 Å². The Bertz CT molecular complexity index is 462. The summed E-state index contributed by atoms with van der Waals surface area (Å²) in [4.78, 5) is 18.5. The number of nitrogen functional groups attached to an aromatic ring is 1. The lowest BCUT2D eigenvalue weighted by Gasteiger charge is -2.20. The van der Waals surface area contributed by atoms with E-state index in [2.05, 4.69) is 27.7 Å². The molecule has 6 heteroatoms. The Labute approximate surface area is 113 Å². The topological polar surface area (TPSA) is 83.3 Å². The number of hydrazine groups is 1. The van der Waals surface area contributed by atoms with Crippen molar-refractivity contribution >= 4 is 11.6 Å². The molecule has 2 heterocycles. The van der Waals surface area contributed by atoms with Crippen LogP contribution in [0.25, 0.3) is 0 Å². The van der Waals surface area contributed by atoms with Gasteiger partial charge in [0.2, 0.25) is 0 Å². The molecule has 0 spiro atoms. The number of likely N-dealkylation sites (N-methyl/N-ethyl adjacent to an activating group) is 1. The van der Waals surface area contributed by atoms with Crippen LogP contribution in [0.3, 0.4) is 0 Å². The molecule has 0 aliphatic carbocycles. The van der Waals surface area contributed by atoms with Crippen LogP contribution in [0.4, 0.5) is 5.69 Å². The fraction of sp³-hybridized carbons (Fsp3) is 0.538. The summed E-state index contributed by atoms with van der Waals surface area (Å²) in [6, 6.07) is 2.19. The Hall–Kier alpha value is -1.66. The van der Waals surface area contributed by atoms with Crippen LogP contribution in [0.1, 0.15) is 28.9 Å². The Kier molecular flexibility index (Phi) is 4.34. The molecule has 1 atom stereocenters. The van der Waals surface area contributed by atoms with Gasteiger partial charge in [0.1, 0.15) is 0 Å². The molecule has 0 radical (unpaired) electrons. The summed E-state index contributed by atoms with van der Waals surface area (Å²) in [5.74, 6) is 5.29. The molecule has 1 aromatic rings. The number of carbonyl (C=O) groups is 1. The number of nitrogens with one attached hydrogen (secondary N) is 2. The van der Waals surface area contributed by atoms with Crippen LogP contribution in [0.15, 0.2) is 12.3 Å². The molecule has 0 saturated carbocycles. The van der Waals surface area contributed by atoms with Crippen molar-refractivity contribution < 1.29 is 4.79 Å². The molecule has 4 N–H and O–H groups in total. The van der Waals surface area contributed by atoms with Crippen molar-refractivity contribution in [2.75, 3.05) is 25.6 Å². The summed E-state index contributed by atoms with van der Waals surface area (Å²) in [5.41, 5.74) is 4.44. The molecule has 2 rings (SSSR count). The average molecular weight is 263 g/mol. The minimum absolute atomic E-state index is 0.138. The van der Waals surface area contributed by atoms with Crippen molar-refractivity contribution in [3.8, 4) is 0 Å². The lowest BCUT2D eigenvalue weighted by molar-refractivity contribution is 0.0944. The number of aromatic nitrogens is 1. The third-order valence-electron chi connectivity index (χ3n) is 3.61. The highest BCUT2D eigenvalue weighted by atomic mass is 16.1. The third kappa shape index (κ3) is 3.21. The van der Waals surface area contributed by atoms with E-state index in [4.69, 9.17) is 5.84 Å². The largest absolute Gasteiger partial charge is 0.350 e. The smallest absolute Gasteiger partial charge is 0.255 e. The number of carbonyl (C=O) groups excluding carboxylic acids is 1. The molecule has 1 saturated heterocycles. The lowest BCUT2D eigenvalue weighted by Crippen LogP contribution is -2.38. The van der Waals surface area contributed by atoms with E-state index in [-0.39, 0.29) is 5.91 Å². The second kappa shape index (κ2) is 5.99. The number of likely N-dealkylation sites (tertiary alicyclic amines) is 1. The highest BCUT2D eigenvalue weighted by molar-refractivity contribution is 5.99. The Morgan fingerprint density at radius 1 is 1.63 bits per heavy atom. The number of hydrogen-bond acceptors (Lipinski definition) is 5. The van der Waals surface area contributed by atoms with E-state index in [0.717, 1.165) is 18.7 Å². The van der Waals surface area contributed by atoms with Gasteiger partial charge in [0.15, 0.2) is 0 Å². The molecule has 104 valence electrons. The minimum atomic E-state index is -0.138. The summed E-state index contributed by atoms with van der Waals surface area (Å²) in [6.45, 7) is 3.62. The van der Waals surface area contributed by atoms with E-state index < -0.39 is 0 Å². The Balaban J connectivity index is 1.99. The first-order valence-electron chi connectivity index (χ1n) is 6.53. The van der Waals surface area contributed by atoms with Crippen LogP contribution in [0.5, 0.6) is 0 Å². The molecule has 19 heavy (non-hydrogen) atoms. The van der Waals surface area contributed by atoms with E-state index in [9.17, 15) is 4.79 Å². The standard InChI is InChI=1S/C13H21N5O/c1-9-6-12(17-14)11(8-15-9)13(19)16-7-10-4-3-5-18(10)2/h6,8,10H,3-5,7,14H2,1-2H3,(H,15,17)(H,16,19). The first-order chi connectivity index (χ1) is 9.11. The summed E-state index contributed by atoms with van der Waals surface area (Å²) in [5, 5.41) is 2.95. The number of pyridine rings is 1. The van der Waals surface area contributed by atoms with Crippen LogP contribution >= 0.6 is 0 Å². The molecular weight excluding hydrogens is 242 g/mol. The number of aryl methyl sites for hydroxylation is 1. The number of nitrogens with zero attached hydrogens (tertiary/aromatic N) is 2. The summed E-state index contributed by atoms with van der Waals surface area (Å²) in [6.07, 6.45) is 3.88. The SMILES string of the molecule is Cc1cc(NN)c(C(=O)NCC2CCCN2C)cn1. The van der Waals surface area contributed by atoms with Crippen molar-refractivity contribution in [2.24, 2.45) is 5.84 Å². The number of amides is 1. The van der Waals surface area contributed by atoms with Gasteiger partial charge in [-0.2, -0.15) is 0 Å². The molecule has 0 aromatic carbocycles. The zero-order valence-corrected chi connectivity index (χ0v) is 11.4. The maximum absolute atomic E-state index is 12.1. The second-order valence-electron chi connectivity index (χ2n) is 5.00. The number of rotatable bonds is 4. The quantitative estimate of drug-likeness (QED) is 0.544.